The van der Waals surface area contributed by atoms with E-state index in [-0.39, 0.29) is 0 Å². The molecule has 0 amide bonds. The maximum absolute atomic E-state index is 2.39. The van der Waals surface area contributed by atoms with Crippen LogP contribution in [0.5, 0.6) is 0 Å². The molecule has 3 rings (SSSR count). The van der Waals surface area contributed by atoms with Crippen LogP contribution in [0.1, 0.15) is 35.7 Å². The van der Waals surface area contributed by atoms with Gasteiger partial charge in [-0.3, -0.25) is 0 Å². The largest absolute Gasteiger partial charge is 0.320 e. The second kappa shape index (κ2) is 3.88. The van der Waals surface area contributed by atoms with Crippen LogP contribution < -0.4 is 0 Å². The van der Waals surface area contributed by atoms with Crippen LogP contribution in [0.2, 0.25) is 0 Å². The van der Waals surface area contributed by atoms with Crippen molar-refractivity contribution in [3.8, 4) is 0 Å². The van der Waals surface area contributed by atoms with Crippen molar-refractivity contribution in [2.75, 3.05) is 14.1 Å². The number of aryl methyl sites for hydroxylation is 2. The predicted octanol–water partition coefficient (Wildman–Crippen LogP) is 3.19. The molecule has 0 aliphatic heterocycles. The molecule has 17 heavy (non-hydrogen) atoms. The average molecular weight is 228 g/mol. The van der Waals surface area contributed by atoms with Gasteiger partial charge in [0.05, 0.1) is 0 Å². The topological polar surface area (TPSA) is 7.65 Å². The van der Waals surface area contributed by atoms with Crippen molar-refractivity contribution in [2.24, 2.45) is 0 Å². The lowest BCUT2D eigenvalue weighted by atomic mass is 9.89. The van der Waals surface area contributed by atoms with Crippen molar-refractivity contribution < 1.29 is 0 Å². The minimum absolute atomic E-state index is 0.596. The smallest absolute Gasteiger partial charge is 0.0485 e. The molecule has 2 heteroatoms. The molecule has 0 spiro atoms. The highest BCUT2D eigenvalue weighted by Gasteiger charge is 2.27. The van der Waals surface area contributed by atoms with Crippen molar-refractivity contribution in [1.82, 2.24) is 9.30 Å². The molecule has 2 aromatic heterocycles. The molecule has 0 bridgehead atoms. The number of aromatic nitrogens is 1. The van der Waals surface area contributed by atoms with Crippen molar-refractivity contribution in [3.63, 3.8) is 0 Å². The molecule has 2 nitrogen and oxygen atoms in total. The zero-order chi connectivity index (χ0) is 12.0. The quantitative estimate of drug-likeness (QED) is 0.727. The van der Waals surface area contributed by atoms with E-state index in [1.54, 1.807) is 5.56 Å². The molecule has 0 saturated heterocycles. The zero-order valence-corrected chi connectivity index (χ0v) is 10.9. The first kappa shape index (κ1) is 10.8. The van der Waals surface area contributed by atoms with Crippen molar-refractivity contribution in [1.29, 1.82) is 0 Å². The summed E-state index contributed by atoms with van der Waals surface area (Å²) in [6, 6.07) is 7.10. The highest BCUT2D eigenvalue weighted by Crippen LogP contribution is 2.38. The van der Waals surface area contributed by atoms with Crippen LogP contribution in [0.4, 0.5) is 0 Å². The highest BCUT2D eigenvalue weighted by molar-refractivity contribution is 5.62. The van der Waals surface area contributed by atoms with Gasteiger partial charge in [0, 0.05) is 23.4 Å². The van der Waals surface area contributed by atoms with Gasteiger partial charge in [-0.25, -0.2) is 0 Å². The lowest BCUT2D eigenvalue weighted by Crippen LogP contribution is -2.24. The number of hydrogen-bond donors (Lipinski definition) is 0. The van der Waals surface area contributed by atoms with E-state index in [2.05, 4.69) is 54.7 Å². The Hall–Kier alpha value is -1.28. The van der Waals surface area contributed by atoms with Crippen molar-refractivity contribution in [2.45, 2.75) is 32.2 Å². The Kier molecular flexibility index (Phi) is 2.48. The first-order chi connectivity index (χ1) is 8.20. The average Bonchev–Trinajstić information content (AvgIpc) is 2.64. The number of pyridine rings is 1. The second-order valence-corrected chi connectivity index (χ2v) is 5.31. The number of fused-ring (bicyclic) bond motifs is 3. The molecule has 2 aromatic rings. The van der Waals surface area contributed by atoms with Crippen LogP contribution in [0.15, 0.2) is 24.4 Å². The van der Waals surface area contributed by atoms with Crippen molar-refractivity contribution >= 4 is 5.52 Å². The molecule has 2 heterocycles. The van der Waals surface area contributed by atoms with Crippen LogP contribution in [0, 0.1) is 6.92 Å². The third-order valence-electron chi connectivity index (χ3n) is 4.10. The van der Waals surface area contributed by atoms with E-state index in [1.807, 2.05) is 0 Å². The summed E-state index contributed by atoms with van der Waals surface area (Å²) in [7, 11) is 4.39. The van der Waals surface area contributed by atoms with Crippen molar-refractivity contribution in [3.05, 3.63) is 41.2 Å². The van der Waals surface area contributed by atoms with Crippen LogP contribution in [-0.2, 0) is 6.42 Å². The molecule has 1 aliphatic carbocycles. The van der Waals surface area contributed by atoms with E-state index in [0.717, 1.165) is 0 Å². The van der Waals surface area contributed by atoms with Gasteiger partial charge in [0.2, 0.25) is 0 Å². The van der Waals surface area contributed by atoms with Gasteiger partial charge in [0.25, 0.3) is 0 Å². The first-order valence-corrected chi connectivity index (χ1v) is 6.45. The molecule has 0 fully saturated rings. The van der Waals surface area contributed by atoms with Gasteiger partial charge in [-0.15, -0.1) is 0 Å². The maximum atomic E-state index is 2.39. The zero-order valence-electron chi connectivity index (χ0n) is 10.9. The van der Waals surface area contributed by atoms with Gasteiger partial charge in [-0.1, -0.05) is 6.07 Å². The fourth-order valence-electron chi connectivity index (χ4n) is 3.29. The van der Waals surface area contributed by atoms with E-state index < -0.39 is 0 Å². The molecule has 0 saturated carbocycles. The Morgan fingerprint density at radius 3 is 2.88 bits per heavy atom. The number of hydrogen-bond acceptors (Lipinski definition) is 1. The monoisotopic (exact) mass is 228 g/mol. The Morgan fingerprint density at radius 1 is 1.29 bits per heavy atom. The molecular weight excluding hydrogens is 208 g/mol. The molecule has 0 radical (unpaired) electrons. The summed E-state index contributed by atoms with van der Waals surface area (Å²) in [6.45, 7) is 2.27. The normalized spacial score (nSPS) is 19.9. The van der Waals surface area contributed by atoms with E-state index >= 15 is 0 Å². The summed E-state index contributed by atoms with van der Waals surface area (Å²) in [5, 5.41) is 0. The molecule has 1 aliphatic rings. The Balaban J connectivity index is 2.30. The minimum atomic E-state index is 0.596. The van der Waals surface area contributed by atoms with Crippen LogP contribution in [-0.4, -0.2) is 23.4 Å². The summed E-state index contributed by atoms with van der Waals surface area (Å²) < 4.78 is 2.39. The Bertz CT molecular complexity index is 551. The van der Waals surface area contributed by atoms with Gasteiger partial charge < -0.3 is 9.30 Å². The SMILES string of the molecule is Cc1c2c(n3ccccc13)CCCC2N(C)C. The standard InChI is InChI=1S/C15H20N2/c1-11-12-7-4-5-10-17(12)14-9-6-8-13(15(11)14)16(2)3/h4-5,7,10,13H,6,8-9H2,1-3H3. The van der Waals surface area contributed by atoms with Gasteiger partial charge in [0.1, 0.15) is 0 Å². The highest BCUT2D eigenvalue weighted by atomic mass is 15.1. The van der Waals surface area contributed by atoms with E-state index in [0.29, 0.717) is 6.04 Å². The summed E-state index contributed by atoms with van der Waals surface area (Å²) in [6.07, 6.45) is 6.02. The summed E-state index contributed by atoms with van der Waals surface area (Å²) in [4.78, 5) is 2.37. The lowest BCUT2D eigenvalue weighted by Gasteiger charge is -2.29. The van der Waals surface area contributed by atoms with Crippen LogP contribution in [0.3, 0.4) is 0 Å². The Labute approximate surface area is 103 Å². The fraction of sp³-hybridized carbons (Fsp3) is 0.467. The lowest BCUT2D eigenvalue weighted by molar-refractivity contribution is 0.267. The van der Waals surface area contributed by atoms with E-state index in [9.17, 15) is 0 Å². The first-order valence-electron chi connectivity index (χ1n) is 6.45. The Morgan fingerprint density at radius 2 is 2.12 bits per heavy atom. The predicted molar refractivity (Wildman–Crippen MR) is 71.5 cm³/mol. The van der Waals surface area contributed by atoms with E-state index in [4.69, 9.17) is 0 Å². The third kappa shape index (κ3) is 1.51. The molecular formula is C15H20N2. The fourth-order valence-corrected chi connectivity index (χ4v) is 3.29. The number of nitrogens with zero attached hydrogens (tertiary/aromatic N) is 2. The summed E-state index contributed by atoms with van der Waals surface area (Å²) in [5.74, 6) is 0. The van der Waals surface area contributed by atoms with Gasteiger partial charge >= 0.3 is 0 Å². The summed E-state index contributed by atoms with van der Waals surface area (Å²) in [5.41, 5.74) is 5.96. The molecule has 0 N–H and O–H groups in total. The van der Waals surface area contributed by atoms with E-state index in [1.165, 1.54) is 36.0 Å². The molecule has 1 unspecified atom stereocenters. The molecule has 90 valence electrons. The third-order valence-corrected chi connectivity index (χ3v) is 4.10. The number of rotatable bonds is 1. The van der Waals surface area contributed by atoms with Gasteiger partial charge in [-0.2, -0.15) is 0 Å². The minimum Gasteiger partial charge on any atom is -0.320 e. The second-order valence-electron chi connectivity index (χ2n) is 5.31. The van der Waals surface area contributed by atoms with Gasteiger partial charge in [-0.05, 0) is 63.5 Å². The molecule has 0 aromatic carbocycles. The molecule has 1 atom stereocenters. The van der Waals surface area contributed by atoms with Gasteiger partial charge in [0.15, 0.2) is 0 Å². The van der Waals surface area contributed by atoms with Crippen LogP contribution in [0.25, 0.3) is 5.52 Å². The summed E-state index contributed by atoms with van der Waals surface area (Å²) >= 11 is 0. The maximum Gasteiger partial charge on any atom is 0.0485 e. The van der Waals surface area contributed by atoms with Crippen LogP contribution >= 0.6 is 0 Å².